The van der Waals surface area contributed by atoms with Gasteiger partial charge in [-0.05, 0) is 29.8 Å². The molecule has 0 saturated carbocycles. The summed E-state index contributed by atoms with van der Waals surface area (Å²) < 4.78 is 85.8. The molecule has 1 spiro atoms. The van der Waals surface area contributed by atoms with Gasteiger partial charge in [-0.25, -0.2) is 9.59 Å². The summed E-state index contributed by atoms with van der Waals surface area (Å²) in [4.78, 5) is 22.6. The maximum absolute atomic E-state index is 12.4. The lowest BCUT2D eigenvalue weighted by Crippen LogP contribution is -2.49. The van der Waals surface area contributed by atoms with E-state index < -0.39 is 43.4 Å². The highest BCUT2D eigenvalue weighted by atomic mass is 35.5. The summed E-state index contributed by atoms with van der Waals surface area (Å²) in [5, 5.41) is 27.6. The molecular formula is C27H27Cl2F6NO8. The van der Waals surface area contributed by atoms with E-state index >= 15 is 0 Å². The van der Waals surface area contributed by atoms with Gasteiger partial charge in [0.2, 0.25) is 0 Å². The van der Waals surface area contributed by atoms with Gasteiger partial charge in [-0.1, -0.05) is 23.2 Å². The van der Waals surface area contributed by atoms with Gasteiger partial charge < -0.3 is 34.4 Å². The lowest BCUT2D eigenvalue weighted by molar-refractivity contribution is -0.192. The number of aromatic carboxylic acids is 1. The molecule has 244 valence electrons. The molecule has 2 aliphatic rings. The van der Waals surface area contributed by atoms with Crippen molar-refractivity contribution in [2.45, 2.75) is 49.7 Å². The Morgan fingerprint density at radius 3 is 2.20 bits per heavy atom. The van der Waals surface area contributed by atoms with Crippen LogP contribution < -0.4 is 14.2 Å². The first-order valence-electron chi connectivity index (χ1n) is 12.9. The Bertz CT molecular complexity index is 1330. The number of fused-ring (bicyclic) bond motifs is 1. The number of benzene rings is 2. The number of aliphatic hydroxyl groups excluding tert-OH is 1. The molecule has 0 unspecified atom stereocenters. The summed E-state index contributed by atoms with van der Waals surface area (Å²) in [7, 11) is 0. The first-order chi connectivity index (χ1) is 20.4. The number of carboxylic acids is 2. The normalized spacial score (nSPS) is 16.8. The Morgan fingerprint density at radius 2 is 1.64 bits per heavy atom. The summed E-state index contributed by atoms with van der Waals surface area (Å²) in [6.07, 6.45) is -9.31. The van der Waals surface area contributed by atoms with Crippen LogP contribution in [0.5, 0.6) is 17.2 Å². The van der Waals surface area contributed by atoms with Crippen LogP contribution in [0, 0.1) is 0 Å². The maximum Gasteiger partial charge on any atom is 0.490 e. The number of piperidine rings is 1. The van der Waals surface area contributed by atoms with Crippen LogP contribution in [-0.2, 0) is 11.2 Å². The van der Waals surface area contributed by atoms with E-state index in [0.29, 0.717) is 24.7 Å². The summed E-state index contributed by atoms with van der Waals surface area (Å²) >= 11 is 12.1. The van der Waals surface area contributed by atoms with Crippen LogP contribution in [0.3, 0.4) is 0 Å². The molecule has 0 aromatic heterocycles. The molecule has 1 fully saturated rings. The van der Waals surface area contributed by atoms with Crippen molar-refractivity contribution in [2.75, 3.05) is 32.8 Å². The molecule has 9 nitrogen and oxygen atoms in total. The zero-order valence-corrected chi connectivity index (χ0v) is 24.2. The molecule has 0 bridgehead atoms. The largest absolute Gasteiger partial charge is 0.492 e. The van der Waals surface area contributed by atoms with E-state index in [4.69, 9.17) is 47.3 Å². The predicted octanol–water partition coefficient (Wildman–Crippen LogP) is 5.87. The number of likely N-dealkylation sites (tertiary alicyclic amines) is 1. The lowest BCUT2D eigenvalue weighted by Gasteiger charge is -2.39. The second kappa shape index (κ2) is 14.3. The molecule has 0 aliphatic carbocycles. The minimum atomic E-state index is -5.08. The average molecular weight is 678 g/mol. The SMILES string of the molecule is O=C(O)C(F)(F)F.O=C(O)c1cc(Cl)c(OCCC(F)(F)F)cc1OC[C@@H](O)CN1CCC2(CC1)Cc1cc(Cl)ccc1O2. The molecule has 0 radical (unpaired) electrons. The molecule has 1 atom stereocenters. The Balaban J connectivity index is 0.000000676. The summed E-state index contributed by atoms with van der Waals surface area (Å²) in [5.41, 5.74) is 0.513. The summed E-state index contributed by atoms with van der Waals surface area (Å²) in [6.45, 7) is 0.760. The van der Waals surface area contributed by atoms with E-state index in [1.54, 1.807) is 6.07 Å². The first kappa shape index (κ1) is 35.3. The first-order valence-corrected chi connectivity index (χ1v) is 13.7. The van der Waals surface area contributed by atoms with E-state index in [0.717, 1.165) is 42.7 Å². The fourth-order valence-corrected chi connectivity index (χ4v) is 4.98. The van der Waals surface area contributed by atoms with Crippen LogP contribution in [0.4, 0.5) is 26.3 Å². The third-order valence-corrected chi connectivity index (χ3v) is 7.21. The minimum Gasteiger partial charge on any atom is -0.492 e. The number of aliphatic carboxylic acids is 1. The highest BCUT2D eigenvalue weighted by molar-refractivity contribution is 6.32. The van der Waals surface area contributed by atoms with Crippen molar-refractivity contribution in [1.29, 1.82) is 0 Å². The number of nitrogens with zero attached hydrogens (tertiary/aromatic N) is 1. The van der Waals surface area contributed by atoms with E-state index in [1.807, 2.05) is 12.1 Å². The van der Waals surface area contributed by atoms with E-state index in [-0.39, 0.29) is 34.3 Å². The van der Waals surface area contributed by atoms with Gasteiger partial charge in [0.25, 0.3) is 0 Å². The Hall–Kier alpha value is -3.14. The molecule has 4 rings (SSSR count). The molecule has 1 saturated heterocycles. The number of carboxylic acid groups (broad SMARTS) is 2. The number of rotatable bonds is 9. The highest BCUT2D eigenvalue weighted by Gasteiger charge is 2.42. The zero-order valence-electron chi connectivity index (χ0n) is 22.7. The van der Waals surface area contributed by atoms with Crippen molar-refractivity contribution in [3.8, 4) is 17.2 Å². The van der Waals surface area contributed by atoms with Gasteiger partial charge in [0.15, 0.2) is 0 Å². The molecule has 3 N–H and O–H groups in total. The molecule has 44 heavy (non-hydrogen) atoms. The van der Waals surface area contributed by atoms with Crippen molar-refractivity contribution in [1.82, 2.24) is 4.90 Å². The van der Waals surface area contributed by atoms with E-state index in [1.165, 1.54) is 0 Å². The third kappa shape index (κ3) is 10.2. The molecule has 2 aromatic carbocycles. The smallest absolute Gasteiger partial charge is 0.490 e. The topological polar surface area (TPSA) is 126 Å². The van der Waals surface area contributed by atoms with Gasteiger partial charge in [0.05, 0.1) is 18.1 Å². The van der Waals surface area contributed by atoms with Gasteiger partial charge in [-0.3, -0.25) is 0 Å². The van der Waals surface area contributed by atoms with Crippen LogP contribution in [0.25, 0.3) is 0 Å². The Morgan fingerprint density at radius 1 is 1.00 bits per heavy atom. The quantitative estimate of drug-likeness (QED) is 0.280. The number of β-amino-alcohol motifs (C(OH)–C–C–N with tert-alkyl or cyclic N) is 1. The summed E-state index contributed by atoms with van der Waals surface area (Å²) in [6, 6.07) is 7.79. The van der Waals surface area contributed by atoms with Gasteiger partial charge in [0, 0.05) is 50.0 Å². The number of hydrogen-bond donors (Lipinski definition) is 3. The maximum atomic E-state index is 12.4. The van der Waals surface area contributed by atoms with E-state index in [9.17, 15) is 41.4 Å². The molecule has 2 aromatic rings. The summed E-state index contributed by atoms with van der Waals surface area (Å²) in [5.74, 6) is -3.54. The molecule has 2 aliphatic heterocycles. The second-order valence-electron chi connectivity index (χ2n) is 10.1. The lowest BCUT2D eigenvalue weighted by atomic mass is 9.87. The second-order valence-corrected chi connectivity index (χ2v) is 10.9. The van der Waals surface area contributed by atoms with Crippen molar-refractivity contribution in [2.24, 2.45) is 0 Å². The monoisotopic (exact) mass is 677 g/mol. The van der Waals surface area contributed by atoms with Crippen LogP contribution in [-0.4, -0.2) is 89.1 Å². The molecular weight excluding hydrogens is 651 g/mol. The minimum absolute atomic E-state index is 0.138. The van der Waals surface area contributed by atoms with Crippen molar-refractivity contribution >= 4 is 35.1 Å². The Kier molecular flexibility index (Phi) is 11.5. The Labute approximate surface area is 256 Å². The van der Waals surface area contributed by atoms with Crippen molar-refractivity contribution < 1.29 is 65.5 Å². The average Bonchev–Trinajstić information content (AvgIpc) is 3.26. The number of ether oxygens (including phenoxy) is 3. The highest BCUT2D eigenvalue weighted by Crippen LogP contribution is 2.42. The molecule has 0 amide bonds. The number of aliphatic hydroxyl groups is 1. The standard InChI is InChI=1S/C25H26Cl2F3NO6.C2HF3O2/c26-16-1-2-20-15(9-16)12-24(37-20)3-6-31(7-4-24)13-17(32)14-36-21-11-22(35-8-5-25(28,29)30)19(27)10-18(21)23(33)34;3-2(4,5)1(6)7/h1-2,9-11,17,32H,3-8,12-14H2,(H,33,34);(H,6,7)/t17-;/m0./s1. The van der Waals surface area contributed by atoms with Gasteiger partial charge in [-0.15, -0.1) is 0 Å². The molecule has 17 heteroatoms. The zero-order chi connectivity index (χ0) is 32.9. The van der Waals surface area contributed by atoms with Crippen LogP contribution in [0.15, 0.2) is 30.3 Å². The number of carbonyl (C=O) groups is 2. The van der Waals surface area contributed by atoms with Crippen molar-refractivity contribution in [3.05, 3.63) is 51.5 Å². The number of halogens is 8. The fraction of sp³-hybridized carbons (Fsp3) is 0.481. The van der Waals surface area contributed by atoms with Crippen LogP contribution in [0.2, 0.25) is 10.0 Å². The van der Waals surface area contributed by atoms with Crippen LogP contribution >= 0.6 is 23.2 Å². The molecule has 2 heterocycles. The number of hydrogen-bond acceptors (Lipinski definition) is 7. The van der Waals surface area contributed by atoms with Gasteiger partial charge in [-0.2, -0.15) is 26.3 Å². The van der Waals surface area contributed by atoms with E-state index in [2.05, 4.69) is 4.90 Å². The third-order valence-electron chi connectivity index (χ3n) is 6.68. The van der Waals surface area contributed by atoms with Crippen molar-refractivity contribution in [3.63, 3.8) is 0 Å². The fourth-order valence-electron chi connectivity index (χ4n) is 4.57. The number of alkyl halides is 6. The van der Waals surface area contributed by atoms with Gasteiger partial charge in [0.1, 0.15) is 41.1 Å². The van der Waals surface area contributed by atoms with Crippen LogP contribution in [0.1, 0.15) is 35.2 Å². The van der Waals surface area contributed by atoms with Gasteiger partial charge >= 0.3 is 24.3 Å². The predicted molar refractivity (Wildman–Crippen MR) is 144 cm³/mol.